The first kappa shape index (κ1) is 14.1. The highest BCUT2D eigenvalue weighted by Crippen LogP contribution is 2.30. The van der Waals surface area contributed by atoms with Gasteiger partial charge in [-0.3, -0.25) is 0 Å². The van der Waals surface area contributed by atoms with Crippen LogP contribution < -0.4 is 0 Å². The summed E-state index contributed by atoms with van der Waals surface area (Å²) in [5.41, 5.74) is -0.110. The lowest BCUT2D eigenvalue weighted by Gasteiger charge is -2.11. The summed E-state index contributed by atoms with van der Waals surface area (Å²) >= 11 is 7.61. The fourth-order valence-electron chi connectivity index (χ4n) is 1.55. The Morgan fingerprint density at radius 2 is 2.00 bits per heavy atom. The van der Waals surface area contributed by atoms with E-state index in [4.69, 9.17) is 0 Å². The van der Waals surface area contributed by atoms with Crippen molar-refractivity contribution in [1.29, 1.82) is 0 Å². The molecule has 2 aromatic rings. The van der Waals surface area contributed by atoms with Gasteiger partial charge in [0.05, 0.1) is 10.6 Å². The van der Waals surface area contributed by atoms with Crippen molar-refractivity contribution in [3.05, 3.63) is 54.6 Å². The smallest absolute Gasteiger partial charge is 0.143 e. The lowest BCUT2D eigenvalue weighted by Crippen LogP contribution is -2.05. The van der Waals surface area contributed by atoms with Gasteiger partial charge in [0.2, 0.25) is 0 Å². The molecular formula is C12H8Br2F2OS. The lowest BCUT2D eigenvalue weighted by molar-refractivity contribution is 0.179. The summed E-state index contributed by atoms with van der Waals surface area (Å²) in [6, 6.07) is 4.23. The normalized spacial score (nSPS) is 12.7. The lowest BCUT2D eigenvalue weighted by atomic mass is 10.1. The van der Waals surface area contributed by atoms with Crippen molar-refractivity contribution in [1.82, 2.24) is 0 Å². The third kappa shape index (κ3) is 2.99. The largest absolute Gasteiger partial charge is 0.387 e. The molecule has 0 aliphatic heterocycles. The van der Waals surface area contributed by atoms with Crippen LogP contribution in [0.1, 0.15) is 16.5 Å². The van der Waals surface area contributed by atoms with Crippen LogP contribution in [0, 0.1) is 11.6 Å². The summed E-state index contributed by atoms with van der Waals surface area (Å²) in [5.74, 6) is -1.31. The van der Waals surface area contributed by atoms with E-state index in [-0.39, 0.29) is 16.5 Å². The summed E-state index contributed by atoms with van der Waals surface area (Å²) in [6.07, 6.45) is -1.01. The van der Waals surface area contributed by atoms with Crippen molar-refractivity contribution in [3.8, 4) is 0 Å². The van der Waals surface area contributed by atoms with Crippen LogP contribution in [0.4, 0.5) is 8.78 Å². The summed E-state index contributed by atoms with van der Waals surface area (Å²) in [5, 5.41) is 11.8. The van der Waals surface area contributed by atoms with Crippen molar-refractivity contribution in [2.45, 2.75) is 12.5 Å². The van der Waals surface area contributed by atoms with Crippen molar-refractivity contribution in [3.63, 3.8) is 0 Å². The maximum Gasteiger partial charge on any atom is 0.143 e. The van der Waals surface area contributed by atoms with Gasteiger partial charge in [-0.15, -0.1) is 11.3 Å². The Kier molecular flexibility index (Phi) is 4.53. The first-order valence-electron chi connectivity index (χ1n) is 5.03. The molecule has 18 heavy (non-hydrogen) atoms. The Hall–Kier alpha value is -0.300. The molecule has 0 fully saturated rings. The average molecular weight is 398 g/mol. The van der Waals surface area contributed by atoms with E-state index in [0.717, 1.165) is 4.47 Å². The molecule has 0 aliphatic carbocycles. The highest BCUT2D eigenvalue weighted by atomic mass is 79.9. The van der Waals surface area contributed by atoms with E-state index < -0.39 is 17.7 Å². The number of thiophene rings is 1. The molecule has 0 saturated heterocycles. The molecule has 1 nitrogen and oxygen atoms in total. The molecule has 0 saturated carbocycles. The van der Waals surface area contributed by atoms with Crippen molar-refractivity contribution < 1.29 is 13.9 Å². The minimum Gasteiger partial charge on any atom is -0.387 e. The number of aliphatic hydroxyl groups excluding tert-OH is 1. The van der Waals surface area contributed by atoms with Gasteiger partial charge in [0, 0.05) is 26.7 Å². The van der Waals surface area contributed by atoms with Crippen LogP contribution in [0.25, 0.3) is 0 Å². The molecule has 96 valence electrons. The predicted molar refractivity (Wildman–Crippen MR) is 74.7 cm³/mol. The molecule has 0 bridgehead atoms. The third-order valence-electron chi connectivity index (χ3n) is 2.45. The van der Waals surface area contributed by atoms with E-state index in [1.54, 1.807) is 6.07 Å². The Morgan fingerprint density at radius 3 is 2.61 bits per heavy atom. The summed E-state index contributed by atoms with van der Waals surface area (Å²) in [7, 11) is 0. The zero-order chi connectivity index (χ0) is 13.3. The van der Waals surface area contributed by atoms with Crippen molar-refractivity contribution in [2.24, 2.45) is 0 Å². The third-order valence-corrected chi connectivity index (χ3v) is 4.86. The SMILES string of the molecule is OC(Cc1c(F)ccc(Br)c1F)c1cc(Br)cs1. The second-order valence-electron chi connectivity index (χ2n) is 3.71. The van der Waals surface area contributed by atoms with E-state index in [0.29, 0.717) is 4.88 Å². The number of rotatable bonds is 3. The molecule has 1 N–H and O–H groups in total. The first-order valence-corrected chi connectivity index (χ1v) is 7.50. The molecule has 0 radical (unpaired) electrons. The maximum atomic E-state index is 13.7. The van der Waals surface area contributed by atoms with Crippen molar-refractivity contribution in [2.75, 3.05) is 0 Å². The van der Waals surface area contributed by atoms with Crippen molar-refractivity contribution >= 4 is 43.2 Å². The molecule has 0 spiro atoms. The summed E-state index contributed by atoms with van der Waals surface area (Å²) < 4.78 is 28.3. The molecule has 1 unspecified atom stereocenters. The molecule has 1 aromatic heterocycles. The quantitative estimate of drug-likeness (QED) is 0.735. The van der Waals surface area contributed by atoms with Gasteiger partial charge in [-0.1, -0.05) is 0 Å². The highest BCUT2D eigenvalue weighted by Gasteiger charge is 2.18. The fraction of sp³-hybridized carbons (Fsp3) is 0.167. The second kappa shape index (κ2) is 5.77. The van der Waals surface area contributed by atoms with Crippen LogP contribution in [0.15, 0.2) is 32.5 Å². The molecule has 1 heterocycles. The zero-order valence-corrected chi connectivity index (χ0v) is 12.9. The Labute approximate surface area is 124 Å². The van der Waals surface area contributed by atoms with E-state index >= 15 is 0 Å². The van der Waals surface area contributed by atoms with E-state index in [9.17, 15) is 13.9 Å². The van der Waals surface area contributed by atoms with Crippen LogP contribution in [0.3, 0.4) is 0 Å². The summed E-state index contributed by atoms with van der Waals surface area (Å²) in [6.45, 7) is 0. The number of benzene rings is 1. The van der Waals surface area contributed by atoms with E-state index in [1.165, 1.54) is 23.5 Å². The summed E-state index contributed by atoms with van der Waals surface area (Å²) in [4.78, 5) is 0.667. The predicted octanol–water partition coefficient (Wildman–Crippen LogP) is 4.83. The second-order valence-corrected chi connectivity index (χ2v) is 6.42. The van der Waals surface area contributed by atoms with Gasteiger partial charge in [-0.25, -0.2) is 8.78 Å². The minimum absolute atomic E-state index is 0.0932. The standard InChI is InChI=1S/C12H8Br2F2OS/c13-6-3-11(18-5-6)10(17)4-7-9(15)2-1-8(14)12(7)16/h1-3,5,10,17H,4H2. The van der Waals surface area contributed by atoms with Gasteiger partial charge < -0.3 is 5.11 Å². The van der Waals surface area contributed by atoms with E-state index in [1.807, 2.05) is 5.38 Å². The van der Waals surface area contributed by atoms with E-state index in [2.05, 4.69) is 31.9 Å². The van der Waals surface area contributed by atoms with Gasteiger partial charge in [0.1, 0.15) is 11.6 Å². The van der Waals surface area contributed by atoms with Crippen LogP contribution in [0.5, 0.6) is 0 Å². The van der Waals surface area contributed by atoms with Crippen LogP contribution in [0.2, 0.25) is 0 Å². The topological polar surface area (TPSA) is 20.2 Å². The molecule has 0 aliphatic rings. The van der Waals surface area contributed by atoms with Gasteiger partial charge >= 0.3 is 0 Å². The Morgan fingerprint density at radius 1 is 1.28 bits per heavy atom. The molecule has 0 amide bonds. The number of hydrogen-bond donors (Lipinski definition) is 1. The number of aliphatic hydroxyl groups is 1. The molecule has 6 heteroatoms. The van der Waals surface area contributed by atoms with Gasteiger partial charge in [0.25, 0.3) is 0 Å². The Bertz CT molecular complexity index is 571. The molecule has 2 rings (SSSR count). The van der Waals surface area contributed by atoms with Gasteiger partial charge in [-0.05, 0) is 50.1 Å². The number of halogens is 4. The van der Waals surface area contributed by atoms with Gasteiger partial charge in [-0.2, -0.15) is 0 Å². The highest BCUT2D eigenvalue weighted by molar-refractivity contribution is 9.10. The average Bonchev–Trinajstić information content (AvgIpc) is 2.76. The number of hydrogen-bond acceptors (Lipinski definition) is 2. The monoisotopic (exact) mass is 396 g/mol. The zero-order valence-electron chi connectivity index (χ0n) is 8.96. The van der Waals surface area contributed by atoms with Crippen LogP contribution in [-0.4, -0.2) is 5.11 Å². The first-order chi connectivity index (χ1) is 8.49. The molecule has 1 aromatic carbocycles. The molecular weight excluding hydrogens is 390 g/mol. The van der Waals surface area contributed by atoms with Gasteiger partial charge in [0.15, 0.2) is 0 Å². The minimum atomic E-state index is -0.917. The van der Waals surface area contributed by atoms with Crippen LogP contribution in [-0.2, 0) is 6.42 Å². The fourth-order valence-corrected chi connectivity index (χ4v) is 3.36. The molecule has 1 atom stereocenters. The maximum absolute atomic E-state index is 13.7. The van der Waals surface area contributed by atoms with Crippen LogP contribution >= 0.6 is 43.2 Å². The Balaban J connectivity index is 2.27.